The van der Waals surface area contributed by atoms with E-state index in [9.17, 15) is 9.90 Å². The second kappa shape index (κ2) is 10.9. The van der Waals surface area contributed by atoms with E-state index in [0.717, 1.165) is 23.1 Å². The summed E-state index contributed by atoms with van der Waals surface area (Å²) in [6.07, 6.45) is 1.66. The van der Waals surface area contributed by atoms with Crippen molar-refractivity contribution in [2.75, 3.05) is 19.0 Å². The summed E-state index contributed by atoms with van der Waals surface area (Å²) in [5, 5.41) is 13.4. The fourth-order valence-electron chi connectivity index (χ4n) is 4.45. The van der Waals surface area contributed by atoms with Crippen molar-refractivity contribution in [1.82, 2.24) is 0 Å². The lowest BCUT2D eigenvalue weighted by Crippen LogP contribution is -2.47. The number of hydrogen-bond donors (Lipinski definition) is 2. The summed E-state index contributed by atoms with van der Waals surface area (Å²) in [7, 11) is 1.60. The maximum Gasteiger partial charge on any atom is 0.330 e. The molecule has 0 heterocycles. The van der Waals surface area contributed by atoms with Crippen LogP contribution in [0.15, 0.2) is 60.7 Å². The number of nitrogens with one attached hydrogen (secondary N) is 1. The van der Waals surface area contributed by atoms with Crippen LogP contribution in [0.5, 0.6) is 11.5 Å². The number of carboxylic acids is 1. The fraction of sp³-hybridized carbons (Fsp3) is 0.286. The van der Waals surface area contributed by atoms with Gasteiger partial charge in [-0.15, -0.1) is 0 Å². The summed E-state index contributed by atoms with van der Waals surface area (Å²) in [5.74, 6) is 0.359. The van der Waals surface area contributed by atoms with Gasteiger partial charge in [0, 0.05) is 31.0 Å². The second-order valence-electron chi connectivity index (χ2n) is 8.53. The molecule has 0 aliphatic heterocycles. The standard InChI is InChI=1S/C27H29NO4.CH2O/c1-18-6-4-8-20(14-18)12-13-32-25-15-22(10-11-24(25)31-3)28-27(26(29)30)16-21-9-5-7-19(2)23(21)17-27;1-2/h4-11,14-15,28H,12-13,16-17H2,1-3H3,(H,29,30);1H2. The highest BCUT2D eigenvalue weighted by Gasteiger charge is 2.44. The van der Waals surface area contributed by atoms with Gasteiger partial charge in [-0.25, -0.2) is 4.79 Å². The van der Waals surface area contributed by atoms with E-state index in [2.05, 4.69) is 30.4 Å². The molecule has 3 aromatic rings. The molecule has 0 saturated carbocycles. The molecule has 178 valence electrons. The van der Waals surface area contributed by atoms with E-state index in [4.69, 9.17) is 14.3 Å². The Balaban J connectivity index is 0.00000158. The van der Waals surface area contributed by atoms with Crippen molar-refractivity contribution < 1.29 is 24.2 Å². The van der Waals surface area contributed by atoms with Crippen molar-refractivity contribution in [1.29, 1.82) is 0 Å². The molecule has 0 aromatic heterocycles. The molecule has 0 saturated heterocycles. The number of ether oxygens (including phenoxy) is 2. The van der Waals surface area contributed by atoms with Crippen molar-refractivity contribution in [3.63, 3.8) is 0 Å². The smallest absolute Gasteiger partial charge is 0.330 e. The van der Waals surface area contributed by atoms with Gasteiger partial charge in [0.05, 0.1) is 13.7 Å². The predicted molar refractivity (Wildman–Crippen MR) is 133 cm³/mol. The van der Waals surface area contributed by atoms with Crippen molar-refractivity contribution in [2.24, 2.45) is 0 Å². The van der Waals surface area contributed by atoms with E-state index >= 15 is 0 Å². The van der Waals surface area contributed by atoms with E-state index in [1.165, 1.54) is 11.1 Å². The van der Waals surface area contributed by atoms with Crippen LogP contribution in [-0.4, -0.2) is 37.1 Å². The first-order valence-corrected chi connectivity index (χ1v) is 11.1. The first kappa shape index (κ1) is 24.8. The monoisotopic (exact) mass is 461 g/mol. The second-order valence-corrected chi connectivity index (χ2v) is 8.53. The van der Waals surface area contributed by atoms with Gasteiger partial charge in [0.15, 0.2) is 11.5 Å². The largest absolute Gasteiger partial charge is 0.493 e. The maximum absolute atomic E-state index is 12.4. The average molecular weight is 462 g/mol. The molecule has 4 rings (SSSR count). The van der Waals surface area contributed by atoms with Gasteiger partial charge in [-0.3, -0.25) is 0 Å². The zero-order valence-electron chi connectivity index (χ0n) is 19.9. The van der Waals surface area contributed by atoms with Crippen LogP contribution in [0.25, 0.3) is 0 Å². The molecule has 0 bridgehead atoms. The van der Waals surface area contributed by atoms with Crippen molar-refractivity contribution in [2.45, 2.75) is 38.6 Å². The Morgan fingerprint density at radius 3 is 2.47 bits per heavy atom. The SMILES string of the molecule is C=O.COc1ccc(NC2(C(=O)O)Cc3cccc(C)c3C2)cc1OCCc1cccc(C)c1. The van der Waals surface area contributed by atoms with Crippen LogP contribution < -0.4 is 14.8 Å². The fourth-order valence-corrected chi connectivity index (χ4v) is 4.45. The van der Waals surface area contributed by atoms with Gasteiger partial charge in [0.25, 0.3) is 0 Å². The molecule has 2 N–H and O–H groups in total. The van der Waals surface area contributed by atoms with Crippen molar-refractivity contribution in [3.8, 4) is 11.5 Å². The van der Waals surface area contributed by atoms with Crippen LogP contribution in [0, 0.1) is 13.8 Å². The van der Waals surface area contributed by atoms with E-state index in [1.807, 2.05) is 56.2 Å². The Kier molecular flexibility index (Phi) is 7.95. The summed E-state index contributed by atoms with van der Waals surface area (Å²) < 4.78 is 11.5. The molecular formula is C28H31NO5. The molecule has 3 aromatic carbocycles. The van der Waals surface area contributed by atoms with E-state index in [0.29, 0.717) is 36.6 Å². The van der Waals surface area contributed by atoms with Crippen molar-refractivity contribution >= 4 is 18.4 Å². The number of aryl methyl sites for hydroxylation is 2. The Labute approximate surface area is 200 Å². The highest BCUT2D eigenvalue weighted by molar-refractivity contribution is 5.85. The van der Waals surface area contributed by atoms with Crippen LogP contribution in [0.3, 0.4) is 0 Å². The summed E-state index contributed by atoms with van der Waals surface area (Å²) in [5.41, 5.74) is 5.38. The third kappa shape index (κ3) is 5.39. The summed E-state index contributed by atoms with van der Waals surface area (Å²) in [6, 6.07) is 19.9. The lowest BCUT2D eigenvalue weighted by molar-refractivity contribution is -0.142. The maximum atomic E-state index is 12.4. The number of carboxylic acid groups (broad SMARTS) is 1. The molecule has 1 unspecified atom stereocenters. The highest BCUT2D eigenvalue weighted by atomic mass is 16.5. The van der Waals surface area contributed by atoms with E-state index in [-0.39, 0.29) is 0 Å². The molecule has 0 radical (unpaired) electrons. The number of rotatable bonds is 8. The van der Waals surface area contributed by atoms with E-state index in [1.54, 1.807) is 7.11 Å². The number of carbonyl (C=O) groups excluding carboxylic acids is 1. The zero-order valence-corrected chi connectivity index (χ0v) is 19.9. The minimum Gasteiger partial charge on any atom is -0.493 e. The van der Waals surface area contributed by atoms with Gasteiger partial charge in [0.1, 0.15) is 12.3 Å². The lowest BCUT2D eigenvalue weighted by atomic mass is 9.94. The van der Waals surface area contributed by atoms with Gasteiger partial charge in [-0.1, -0.05) is 48.0 Å². The highest BCUT2D eigenvalue weighted by Crippen LogP contribution is 2.37. The van der Waals surface area contributed by atoms with Gasteiger partial charge in [-0.05, 0) is 48.2 Å². The molecular weight excluding hydrogens is 430 g/mol. The van der Waals surface area contributed by atoms with Gasteiger partial charge < -0.3 is 24.7 Å². The number of aliphatic carboxylic acids is 1. The number of methoxy groups -OCH3 is 1. The van der Waals surface area contributed by atoms with Crippen LogP contribution in [0.4, 0.5) is 5.69 Å². The topological polar surface area (TPSA) is 84.9 Å². The molecule has 0 spiro atoms. The molecule has 34 heavy (non-hydrogen) atoms. The molecule has 0 amide bonds. The third-order valence-electron chi connectivity index (χ3n) is 6.17. The molecule has 1 atom stereocenters. The first-order valence-electron chi connectivity index (χ1n) is 11.1. The number of hydrogen-bond acceptors (Lipinski definition) is 5. The minimum atomic E-state index is -1.08. The van der Waals surface area contributed by atoms with Gasteiger partial charge >= 0.3 is 5.97 Å². The summed E-state index contributed by atoms with van der Waals surface area (Å²) >= 11 is 0. The number of anilines is 1. The summed E-state index contributed by atoms with van der Waals surface area (Å²) in [6.45, 7) is 6.60. The lowest BCUT2D eigenvalue weighted by Gasteiger charge is -2.27. The normalized spacial score (nSPS) is 16.1. The molecule has 0 fully saturated rings. The third-order valence-corrected chi connectivity index (χ3v) is 6.17. The Hall–Kier alpha value is -3.80. The molecule has 6 heteroatoms. The van der Waals surface area contributed by atoms with Crippen molar-refractivity contribution in [3.05, 3.63) is 88.5 Å². The number of fused-ring (bicyclic) bond motifs is 1. The number of benzene rings is 3. The molecule has 1 aliphatic carbocycles. The first-order chi connectivity index (χ1) is 16.4. The predicted octanol–water partition coefficient (Wildman–Crippen LogP) is 4.78. The van der Waals surface area contributed by atoms with Crippen LogP contribution in [-0.2, 0) is 28.9 Å². The molecule has 1 aliphatic rings. The minimum absolute atomic E-state index is 0.439. The van der Waals surface area contributed by atoms with E-state index < -0.39 is 11.5 Å². The van der Waals surface area contributed by atoms with Gasteiger partial charge in [0.2, 0.25) is 0 Å². The van der Waals surface area contributed by atoms with Crippen LogP contribution in [0.2, 0.25) is 0 Å². The Bertz CT molecular complexity index is 1160. The summed E-state index contributed by atoms with van der Waals surface area (Å²) in [4.78, 5) is 20.4. The van der Waals surface area contributed by atoms with Crippen LogP contribution in [0.1, 0.15) is 27.8 Å². The number of carbonyl (C=O) groups is 2. The quantitative estimate of drug-likeness (QED) is 0.502. The van der Waals surface area contributed by atoms with Gasteiger partial charge in [-0.2, -0.15) is 0 Å². The molecule has 6 nitrogen and oxygen atoms in total. The van der Waals surface area contributed by atoms with Crippen LogP contribution >= 0.6 is 0 Å². The zero-order chi connectivity index (χ0) is 24.7. The Morgan fingerprint density at radius 2 is 1.79 bits per heavy atom. The average Bonchev–Trinajstić information content (AvgIpc) is 3.22. The Morgan fingerprint density at radius 1 is 1.03 bits per heavy atom.